The number of hydrogen-bond donors (Lipinski definition) is 1. The second-order valence-electron chi connectivity index (χ2n) is 6.19. The maximum Gasteiger partial charge on any atom is 0.257 e. The lowest BCUT2D eigenvalue weighted by atomic mass is 10.1. The summed E-state index contributed by atoms with van der Waals surface area (Å²) in [4.78, 5) is 17.2. The number of anilines is 1. The van der Waals surface area contributed by atoms with Gasteiger partial charge in [0.1, 0.15) is 5.52 Å². The van der Waals surface area contributed by atoms with E-state index in [2.05, 4.69) is 26.2 Å². The van der Waals surface area contributed by atoms with Gasteiger partial charge < -0.3 is 9.73 Å². The first-order valence-electron chi connectivity index (χ1n) is 8.35. The Morgan fingerprint density at radius 3 is 2.71 bits per heavy atom. The van der Waals surface area contributed by atoms with Gasteiger partial charge in [0.15, 0.2) is 5.58 Å². The van der Waals surface area contributed by atoms with E-state index < -0.39 is 0 Å². The number of benzene rings is 3. The largest absolute Gasteiger partial charge is 0.436 e. The van der Waals surface area contributed by atoms with Crippen LogP contribution in [0.1, 0.15) is 15.9 Å². The molecular formula is C21H13BrCl2N2O2. The van der Waals surface area contributed by atoms with Gasteiger partial charge in [-0.2, -0.15) is 0 Å². The molecule has 0 saturated carbocycles. The summed E-state index contributed by atoms with van der Waals surface area (Å²) in [6.45, 7) is 1.90. The monoisotopic (exact) mass is 474 g/mol. The van der Waals surface area contributed by atoms with E-state index in [9.17, 15) is 4.79 Å². The molecule has 0 aliphatic rings. The Labute approximate surface area is 179 Å². The molecule has 1 heterocycles. The molecule has 4 rings (SSSR count). The van der Waals surface area contributed by atoms with Crippen molar-refractivity contribution in [1.29, 1.82) is 0 Å². The summed E-state index contributed by atoms with van der Waals surface area (Å²) < 4.78 is 6.67. The standard InChI is InChI=1S/C21H13BrCl2N2O2/c1-11-14(21-26-18-10-13(23)6-8-19(18)28-21)3-2-4-17(11)25-20(27)15-7-5-12(22)9-16(15)24/h2-10H,1H3,(H,25,27). The molecule has 4 aromatic rings. The van der Waals surface area contributed by atoms with E-state index in [0.717, 1.165) is 15.6 Å². The predicted octanol–water partition coefficient (Wildman–Crippen LogP) is 7.12. The van der Waals surface area contributed by atoms with E-state index in [4.69, 9.17) is 27.6 Å². The van der Waals surface area contributed by atoms with E-state index in [1.54, 1.807) is 36.4 Å². The van der Waals surface area contributed by atoms with Crippen molar-refractivity contribution in [2.45, 2.75) is 6.92 Å². The molecule has 0 atom stereocenters. The topological polar surface area (TPSA) is 55.1 Å². The lowest BCUT2D eigenvalue weighted by Gasteiger charge is -2.11. The summed E-state index contributed by atoms with van der Waals surface area (Å²) in [5.74, 6) is 0.176. The number of amides is 1. The molecule has 1 N–H and O–H groups in total. The zero-order valence-electron chi connectivity index (χ0n) is 14.6. The fourth-order valence-electron chi connectivity index (χ4n) is 2.88. The van der Waals surface area contributed by atoms with E-state index in [0.29, 0.717) is 38.3 Å². The van der Waals surface area contributed by atoms with Crippen LogP contribution in [0.25, 0.3) is 22.6 Å². The summed E-state index contributed by atoms with van der Waals surface area (Å²) in [5, 5.41) is 3.88. The van der Waals surface area contributed by atoms with Crippen LogP contribution < -0.4 is 5.32 Å². The molecular weight excluding hydrogens is 463 g/mol. The number of nitrogens with one attached hydrogen (secondary N) is 1. The summed E-state index contributed by atoms with van der Waals surface area (Å²) >= 11 is 15.6. The lowest BCUT2D eigenvalue weighted by molar-refractivity contribution is 0.102. The molecule has 0 aliphatic carbocycles. The fourth-order valence-corrected chi connectivity index (χ4v) is 3.81. The molecule has 0 unspecified atom stereocenters. The second kappa shape index (κ2) is 7.59. The maximum absolute atomic E-state index is 12.7. The van der Waals surface area contributed by atoms with E-state index >= 15 is 0 Å². The third-order valence-electron chi connectivity index (χ3n) is 4.34. The molecule has 0 saturated heterocycles. The number of nitrogens with zero attached hydrogens (tertiary/aromatic N) is 1. The van der Waals surface area contributed by atoms with Crippen LogP contribution >= 0.6 is 39.1 Å². The average Bonchev–Trinajstić information content (AvgIpc) is 3.06. The Bertz CT molecular complexity index is 1220. The van der Waals surface area contributed by atoms with E-state index in [1.165, 1.54) is 0 Å². The lowest BCUT2D eigenvalue weighted by Crippen LogP contribution is -2.13. The van der Waals surface area contributed by atoms with Crippen LogP contribution in [0.2, 0.25) is 10.0 Å². The normalized spacial score (nSPS) is 11.0. The highest BCUT2D eigenvalue weighted by Gasteiger charge is 2.16. The predicted molar refractivity (Wildman–Crippen MR) is 116 cm³/mol. The average molecular weight is 476 g/mol. The molecule has 28 heavy (non-hydrogen) atoms. The molecule has 4 nitrogen and oxygen atoms in total. The van der Waals surface area contributed by atoms with Gasteiger partial charge in [0.2, 0.25) is 5.89 Å². The maximum atomic E-state index is 12.7. The molecule has 3 aromatic carbocycles. The Balaban J connectivity index is 1.69. The van der Waals surface area contributed by atoms with Gasteiger partial charge in [-0.15, -0.1) is 0 Å². The van der Waals surface area contributed by atoms with Crippen LogP contribution in [0.5, 0.6) is 0 Å². The van der Waals surface area contributed by atoms with Gasteiger partial charge in [0.25, 0.3) is 5.91 Å². The van der Waals surface area contributed by atoms with Crippen molar-refractivity contribution in [3.63, 3.8) is 0 Å². The van der Waals surface area contributed by atoms with Gasteiger partial charge in [-0.25, -0.2) is 4.98 Å². The van der Waals surface area contributed by atoms with Crippen molar-refractivity contribution < 1.29 is 9.21 Å². The van der Waals surface area contributed by atoms with Gasteiger partial charge in [-0.05, 0) is 61.0 Å². The fraction of sp³-hybridized carbons (Fsp3) is 0.0476. The van der Waals surface area contributed by atoms with Crippen LogP contribution in [-0.2, 0) is 0 Å². The molecule has 0 radical (unpaired) electrons. The highest BCUT2D eigenvalue weighted by atomic mass is 79.9. The first-order chi connectivity index (χ1) is 13.4. The van der Waals surface area contributed by atoms with E-state index in [1.807, 2.05) is 25.1 Å². The number of aromatic nitrogens is 1. The number of carbonyl (C=O) groups is 1. The van der Waals surface area contributed by atoms with Crippen LogP contribution in [-0.4, -0.2) is 10.9 Å². The molecule has 0 aliphatic heterocycles. The minimum absolute atomic E-state index is 0.290. The molecule has 1 amide bonds. The third kappa shape index (κ3) is 3.65. The number of fused-ring (bicyclic) bond motifs is 1. The Morgan fingerprint density at radius 2 is 1.93 bits per heavy atom. The quantitative estimate of drug-likeness (QED) is 0.343. The van der Waals surface area contributed by atoms with Crippen LogP contribution in [0, 0.1) is 6.92 Å². The number of oxazole rings is 1. The minimum Gasteiger partial charge on any atom is -0.436 e. The van der Waals surface area contributed by atoms with Gasteiger partial charge in [0.05, 0.1) is 10.6 Å². The second-order valence-corrected chi connectivity index (χ2v) is 7.95. The van der Waals surface area contributed by atoms with Crippen molar-refractivity contribution in [1.82, 2.24) is 4.98 Å². The van der Waals surface area contributed by atoms with Crippen molar-refractivity contribution in [2.75, 3.05) is 5.32 Å². The van der Waals surface area contributed by atoms with Crippen LogP contribution in [0.3, 0.4) is 0 Å². The smallest absolute Gasteiger partial charge is 0.257 e. The zero-order chi connectivity index (χ0) is 19.8. The summed E-state index contributed by atoms with van der Waals surface area (Å²) in [7, 11) is 0. The van der Waals surface area contributed by atoms with Crippen LogP contribution in [0.4, 0.5) is 5.69 Å². The SMILES string of the molecule is Cc1c(NC(=O)c2ccc(Br)cc2Cl)cccc1-c1nc2cc(Cl)ccc2o1. The number of rotatable bonds is 3. The highest BCUT2D eigenvalue weighted by molar-refractivity contribution is 9.10. The Morgan fingerprint density at radius 1 is 1.11 bits per heavy atom. The van der Waals surface area contributed by atoms with Crippen molar-refractivity contribution in [3.8, 4) is 11.5 Å². The number of halogens is 3. The number of hydrogen-bond acceptors (Lipinski definition) is 3. The summed E-state index contributed by atoms with van der Waals surface area (Å²) in [5.41, 5.74) is 3.99. The molecule has 0 spiro atoms. The van der Waals surface area contributed by atoms with Crippen molar-refractivity contribution >= 4 is 61.8 Å². The molecule has 140 valence electrons. The van der Waals surface area contributed by atoms with Gasteiger partial charge in [-0.1, -0.05) is 45.2 Å². The molecule has 0 fully saturated rings. The van der Waals surface area contributed by atoms with Gasteiger partial charge >= 0.3 is 0 Å². The van der Waals surface area contributed by atoms with Gasteiger partial charge in [0, 0.05) is 20.7 Å². The molecule has 7 heteroatoms. The van der Waals surface area contributed by atoms with E-state index in [-0.39, 0.29) is 5.91 Å². The summed E-state index contributed by atoms with van der Waals surface area (Å²) in [6.07, 6.45) is 0. The van der Waals surface area contributed by atoms with Crippen LogP contribution in [0.15, 0.2) is 63.5 Å². The first kappa shape index (κ1) is 19.0. The van der Waals surface area contributed by atoms with Crippen molar-refractivity contribution in [3.05, 3.63) is 80.2 Å². The third-order valence-corrected chi connectivity index (χ3v) is 5.38. The first-order valence-corrected chi connectivity index (χ1v) is 9.90. The zero-order valence-corrected chi connectivity index (χ0v) is 17.7. The van der Waals surface area contributed by atoms with Crippen molar-refractivity contribution in [2.24, 2.45) is 0 Å². The highest BCUT2D eigenvalue weighted by Crippen LogP contribution is 2.32. The summed E-state index contributed by atoms with van der Waals surface area (Å²) in [6, 6.07) is 16.0. The minimum atomic E-state index is -0.290. The Hall–Kier alpha value is -2.34. The Kier molecular flexibility index (Phi) is 5.15. The van der Waals surface area contributed by atoms with Gasteiger partial charge in [-0.3, -0.25) is 4.79 Å². The number of carbonyl (C=O) groups excluding carboxylic acids is 1. The molecule has 0 bridgehead atoms. The molecule has 1 aromatic heterocycles.